The Morgan fingerprint density at radius 2 is 2.05 bits per heavy atom. The summed E-state index contributed by atoms with van der Waals surface area (Å²) >= 11 is 0. The van der Waals surface area contributed by atoms with Crippen molar-refractivity contribution in [1.29, 1.82) is 0 Å². The molecule has 0 aliphatic carbocycles. The van der Waals surface area contributed by atoms with Crippen LogP contribution in [-0.2, 0) is 9.53 Å². The topological polar surface area (TPSA) is 87.7 Å². The lowest BCUT2D eigenvalue weighted by Crippen LogP contribution is -2.44. The lowest BCUT2D eigenvalue weighted by atomic mass is 10.0. The lowest BCUT2D eigenvalue weighted by Gasteiger charge is -2.17. The molecule has 2 atom stereocenters. The molecule has 6 heteroatoms. The number of carboxylic acid groups (broad SMARTS) is 1. The van der Waals surface area contributed by atoms with Crippen molar-refractivity contribution >= 4 is 17.7 Å². The van der Waals surface area contributed by atoms with Crippen LogP contribution in [0.2, 0.25) is 0 Å². The molecule has 2 amide bonds. The highest BCUT2D eigenvalue weighted by Gasteiger charge is 2.35. The summed E-state index contributed by atoms with van der Waals surface area (Å²) in [5.74, 6) is -1.65. The van der Waals surface area contributed by atoms with Gasteiger partial charge >= 0.3 is 12.0 Å². The Morgan fingerprint density at radius 1 is 1.30 bits per heavy atom. The van der Waals surface area contributed by atoms with E-state index in [2.05, 4.69) is 10.6 Å². The summed E-state index contributed by atoms with van der Waals surface area (Å²) in [5.41, 5.74) is 2.78. The average Bonchev–Trinajstić information content (AvgIpc) is 2.81. The maximum absolute atomic E-state index is 11.9. The van der Waals surface area contributed by atoms with Gasteiger partial charge in [-0.1, -0.05) is 17.7 Å². The number of ether oxygens (including phenoxy) is 1. The fraction of sp³-hybridized carbons (Fsp3) is 0.429. The minimum atomic E-state index is -0.959. The minimum Gasteiger partial charge on any atom is -0.481 e. The molecule has 6 nitrogen and oxygen atoms in total. The third kappa shape index (κ3) is 3.27. The van der Waals surface area contributed by atoms with Crippen LogP contribution in [0.5, 0.6) is 0 Å². The number of hydrogen-bond donors (Lipinski definition) is 3. The van der Waals surface area contributed by atoms with E-state index in [1.54, 1.807) is 0 Å². The first-order valence-electron chi connectivity index (χ1n) is 6.42. The maximum Gasteiger partial charge on any atom is 0.319 e. The molecule has 1 aromatic rings. The summed E-state index contributed by atoms with van der Waals surface area (Å²) in [7, 11) is 0. The van der Waals surface area contributed by atoms with E-state index >= 15 is 0 Å². The van der Waals surface area contributed by atoms with Crippen LogP contribution < -0.4 is 10.6 Å². The maximum atomic E-state index is 11.9. The van der Waals surface area contributed by atoms with Gasteiger partial charge in [0.05, 0.1) is 19.3 Å². The number of carbonyl (C=O) groups is 2. The van der Waals surface area contributed by atoms with Crippen LogP contribution in [0.3, 0.4) is 0 Å². The Morgan fingerprint density at radius 3 is 2.70 bits per heavy atom. The molecule has 20 heavy (non-hydrogen) atoms. The van der Waals surface area contributed by atoms with E-state index in [1.807, 2.05) is 32.0 Å². The van der Waals surface area contributed by atoms with Crippen molar-refractivity contribution in [2.24, 2.45) is 5.92 Å². The van der Waals surface area contributed by atoms with E-state index in [9.17, 15) is 9.59 Å². The van der Waals surface area contributed by atoms with E-state index in [4.69, 9.17) is 9.84 Å². The highest BCUT2D eigenvalue weighted by molar-refractivity contribution is 5.90. The number of hydrogen-bond acceptors (Lipinski definition) is 3. The predicted octanol–water partition coefficient (Wildman–Crippen LogP) is 1.52. The van der Waals surface area contributed by atoms with Gasteiger partial charge in [-0.15, -0.1) is 0 Å². The number of carboxylic acids is 1. The monoisotopic (exact) mass is 278 g/mol. The van der Waals surface area contributed by atoms with Crippen LogP contribution in [0, 0.1) is 19.8 Å². The summed E-state index contributed by atoms with van der Waals surface area (Å²) in [6.07, 6.45) is 0. The van der Waals surface area contributed by atoms with Gasteiger partial charge in [-0.25, -0.2) is 4.79 Å². The summed E-state index contributed by atoms with van der Waals surface area (Å²) in [6.45, 7) is 4.23. The predicted molar refractivity (Wildman–Crippen MR) is 73.8 cm³/mol. The molecule has 2 unspecified atom stereocenters. The van der Waals surface area contributed by atoms with Gasteiger partial charge < -0.3 is 20.5 Å². The number of rotatable bonds is 3. The van der Waals surface area contributed by atoms with Gasteiger partial charge in [0, 0.05) is 5.69 Å². The van der Waals surface area contributed by atoms with Crippen LogP contribution in [0.25, 0.3) is 0 Å². The van der Waals surface area contributed by atoms with Crippen molar-refractivity contribution < 1.29 is 19.4 Å². The first-order valence-corrected chi connectivity index (χ1v) is 6.42. The van der Waals surface area contributed by atoms with E-state index < -0.39 is 24.0 Å². The largest absolute Gasteiger partial charge is 0.481 e. The summed E-state index contributed by atoms with van der Waals surface area (Å²) < 4.78 is 5.10. The van der Waals surface area contributed by atoms with Gasteiger partial charge in [0.2, 0.25) is 0 Å². The van der Waals surface area contributed by atoms with Crippen molar-refractivity contribution in [2.75, 3.05) is 18.5 Å². The number of aliphatic carboxylic acids is 1. The molecule has 0 spiro atoms. The zero-order valence-corrected chi connectivity index (χ0v) is 11.5. The molecule has 2 rings (SSSR count). The second kappa shape index (κ2) is 5.92. The van der Waals surface area contributed by atoms with Gasteiger partial charge in [0.25, 0.3) is 0 Å². The summed E-state index contributed by atoms with van der Waals surface area (Å²) in [6, 6.07) is 4.77. The first-order chi connectivity index (χ1) is 9.47. The Balaban J connectivity index is 1.97. The van der Waals surface area contributed by atoms with Gasteiger partial charge in [-0.05, 0) is 25.5 Å². The van der Waals surface area contributed by atoms with Crippen molar-refractivity contribution in [3.63, 3.8) is 0 Å². The minimum absolute atomic E-state index is 0.129. The zero-order valence-electron chi connectivity index (χ0n) is 11.5. The van der Waals surface area contributed by atoms with Crippen molar-refractivity contribution in [3.8, 4) is 0 Å². The number of carbonyl (C=O) groups excluding carboxylic acids is 1. The Hall–Kier alpha value is -2.08. The normalized spacial score (nSPS) is 21.5. The highest BCUT2D eigenvalue weighted by Crippen LogP contribution is 2.17. The quantitative estimate of drug-likeness (QED) is 0.782. The third-order valence-corrected chi connectivity index (χ3v) is 3.34. The fourth-order valence-electron chi connectivity index (χ4n) is 2.22. The first kappa shape index (κ1) is 14.3. The van der Waals surface area contributed by atoms with Gasteiger partial charge in [-0.3, -0.25) is 4.79 Å². The van der Waals surface area contributed by atoms with E-state index in [0.29, 0.717) is 5.69 Å². The molecule has 1 saturated heterocycles. The van der Waals surface area contributed by atoms with E-state index in [-0.39, 0.29) is 13.2 Å². The molecule has 0 radical (unpaired) electrons. The molecule has 1 heterocycles. The number of urea groups is 1. The number of amides is 2. The number of anilines is 1. The van der Waals surface area contributed by atoms with Crippen molar-refractivity contribution in [1.82, 2.24) is 5.32 Å². The number of nitrogens with one attached hydrogen (secondary N) is 2. The van der Waals surface area contributed by atoms with Crippen LogP contribution in [0.1, 0.15) is 11.1 Å². The molecule has 1 aliphatic rings. The third-order valence-electron chi connectivity index (χ3n) is 3.34. The average molecular weight is 278 g/mol. The number of aryl methyl sites for hydroxylation is 2. The Labute approximate surface area is 117 Å². The molecule has 1 aliphatic heterocycles. The number of benzene rings is 1. The zero-order chi connectivity index (χ0) is 14.7. The van der Waals surface area contributed by atoms with Gasteiger partial charge in [0.15, 0.2) is 0 Å². The standard InChI is InChI=1S/C14H18N2O4/c1-8-3-4-11(9(2)5-8)15-14(19)16-12-7-20-6-10(12)13(17)18/h3-5,10,12H,6-7H2,1-2H3,(H,17,18)(H2,15,16,19). The highest BCUT2D eigenvalue weighted by atomic mass is 16.5. The Kier molecular flexibility index (Phi) is 4.24. The molecule has 1 aromatic carbocycles. The molecule has 3 N–H and O–H groups in total. The lowest BCUT2D eigenvalue weighted by molar-refractivity contribution is -0.142. The van der Waals surface area contributed by atoms with Crippen LogP contribution in [0.15, 0.2) is 18.2 Å². The van der Waals surface area contributed by atoms with Gasteiger partial charge in [0.1, 0.15) is 5.92 Å². The smallest absolute Gasteiger partial charge is 0.319 e. The molecule has 0 aromatic heterocycles. The molecular formula is C14H18N2O4. The van der Waals surface area contributed by atoms with Crippen molar-refractivity contribution in [2.45, 2.75) is 19.9 Å². The molecule has 108 valence electrons. The Bertz CT molecular complexity index is 530. The molecule has 1 fully saturated rings. The second-order valence-corrected chi connectivity index (χ2v) is 5.01. The SMILES string of the molecule is Cc1ccc(NC(=O)NC2COCC2C(=O)O)c(C)c1. The van der Waals surface area contributed by atoms with Crippen LogP contribution >= 0.6 is 0 Å². The second-order valence-electron chi connectivity index (χ2n) is 5.01. The molecule has 0 saturated carbocycles. The van der Waals surface area contributed by atoms with Gasteiger partial charge in [-0.2, -0.15) is 0 Å². The van der Waals surface area contributed by atoms with E-state index in [0.717, 1.165) is 11.1 Å². The molecular weight excluding hydrogens is 260 g/mol. The fourth-order valence-corrected chi connectivity index (χ4v) is 2.22. The summed E-state index contributed by atoms with van der Waals surface area (Å²) in [4.78, 5) is 22.9. The summed E-state index contributed by atoms with van der Waals surface area (Å²) in [5, 5.41) is 14.4. The van der Waals surface area contributed by atoms with Crippen LogP contribution in [0.4, 0.5) is 10.5 Å². The molecule has 0 bridgehead atoms. The van der Waals surface area contributed by atoms with Crippen molar-refractivity contribution in [3.05, 3.63) is 29.3 Å². The van der Waals surface area contributed by atoms with E-state index in [1.165, 1.54) is 0 Å². The van der Waals surface area contributed by atoms with Crippen LogP contribution in [-0.4, -0.2) is 36.4 Å².